The molecule has 0 aliphatic carbocycles. The molecule has 0 atom stereocenters. The van der Waals surface area contributed by atoms with Crippen molar-refractivity contribution in [1.29, 1.82) is 0 Å². The van der Waals surface area contributed by atoms with Gasteiger partial charge in [0.15, 0.2) is 0 Å². The standard InChI is InChI=1S/C24H35N7O2/c1-3-20(4-2)27-23-29-22(26-12-14-33-16-15-32-13-11-25)30-24(31-23)28-21-10-9-18-7-5-6-8-19(18)17-21/h5-10,17,20H,3-4,11-16,25H2,1-2H3,(H3,26,27,28,29,30,31). The lowest BCUT2D eigenvalue weighted by molar-refractivity contribution is 0.0547. The Hall–Kier alpha value is -3.01. The minimum Gasteiger partial charge on any atom is -0.378 e. The first-order valence-electron chi connectivity index (χ1n) is 11.6. The van der Waals surface area contributed by atoms with Crippen LogP contribution < -0.4 is 21.7 Å². The largest absolute Gasteiger partial charge is 0.378 e. The van der Waals surface area contributed by atoms with Crippen LogP contribution >= 0.6 is 0 Å². The first-order chi connectivity index (χ1) is 16.2. The third-order valence-electron chi connectivity index (χ3n) is 5.12. The molecule has 0 fully saturated rings. The van der Waals surface area contributed by atoms with E-state index in [0.717, 1.165) is 23.9 Å². The zero-order valence-corrected chi connectivity index (χ0v) is 19.5. The maximum absolute atomic E-state index is 5.57. The van der Waals surface area contributed by atoms with Crippen LogP contribution in [0, 0.1) is 0 Å². The summed E-state index contributed by atoms with van der Waals surface area (Å²) in [5, 5.41) is 12.3. The number of benzene rings is 2. The molecule has 0 bridgehead atoms. The molecular formula is C24H35N7O2. The van der Waals surface area contributed by atoms with Gasteiger partial charge in [-0.1, -0.05) is 44.2 Å². The Morgan fingerprint density at radius 1 is 0.818 bits per heavy atom. The monoisotopic (exact) mass is 453 g/mol. The maximum atomic E-state index is 5.57. The van der Waals surface area contributed by atoms with Gasteiger partial charge in [0.1, 0.15) is 0 Å². The normalized spacial score (nSPS) is 11.2. The van der Waals surface area contributed by atoms with E-state index in [1.165, 1.54) is 5.39 Å². The highest BCUT2D eigenvalue weighted by atomic mass is 16.5. The van der Waals surface area contributed by atoms with Crippen molar-refractivity contribution in [3.63, 3.8) is 0 Å². The smallest absolute Gasteiger partial charge is 0.233 e. The van der Waals surface area contributed by atoms with Crippen LogP contribution in [0.1, 0.15) is 26.7 Å². The Bertz CT molecular complexity index is 982. The molecule has 3 rings (SSSR count). The topological polar surface area (TPSA) is 119 Å². The lowest BCUT2D eigenvalue weighted by Crippen LogP contribution is -2.21. The Labute approximate surface area is 195 Å². The van der Waals surface area contributed by atoms with Gasteiger partial charge in [-0.3, -0.25) is 0 Å². The number of nitrogens with zero attached hydrogens (tertiary/aromatic N) is 3. The highest BCUT2D eigenvalue weighted by Crippen LogP contribution is 2.22. The summed E-state index contributed by atoms with van der Waals surface area (Å²) in [7, 11) is 0. The minimum absolute atomic E-state index is 0.297. The number of aromatic nitrogens is 3. The van der Waals surface area contributed by atoms with Gasteiger partial charge >= 0.3 is 0 Å². The third kappa shape index (κ3) is 8.12. The minimum atomic E-state index is 0.297. The Balaban J connectivity index is 1.66. The van der Waals surface area contributed by atoms with Crippen molar-refractivity contribution in [3.8, 4) is 0 Å². The van der Waals surface area contributed by atoms with E-state index in [4.69, 9.17) is 15.2 Å². The van der Waals surface area contributed by atoms with Crippen molar-refractivity contribution in [2.24, 2.45) is 5.73 Å². The molecule has 3 aromatic rings. The molecule has 0 spiro atoms. The van der Waals surface area contributed by atoms with Crippen molar-refractivity contribution in [3.05, 3.63) is 42.5 Å². The number of ether oxygens (including phenoxy) is 2. The van der Waals surface area contributed by atoms with Gasteiger partial charge in [0.2, 0.25) is 17.8 Å². The lowest BCUT2D eigenvalue weighted by Gasteiger charge is -2.16. The predicted octanol–water partition coefficient (Wildman–Crippen LogP) is 3.77. The zero-order chi connectivity index (χ0) is 23.3. The Morgan fingerprint density at radius 2 is 1.52 bits per heavy atom. The molecule has 9 heteroatoms. The second-order valence-electron chi connectivity index (χ2n) is 7.59. The summed E-state index contributed by atoms with van der Waals surface area (Å²) in [6.07, 6.45) is 1.97. The molecule has 0 amide bonds. The van der Waals surface area contributed by atoms with Crippen molar-refractivity contribution < 1.29 is 9.47 Å². The van der Waals surface area contributed by atoms with E-state index in [1.807, 2.05) is 18.2 Å². The molecule has 0 aliphatic rings. The summed E-state index contributed by atoms with van der Waals surface area (Å²) in [6.45, 7) is 7.49. The molecule has 9 nitrogen and oxygen atoms in total. The van der Waals surface area contributed by atoms with Crippen molar-refractivity contribution in [2.75, 3.05) is 55.5 Å². The Kier molecular flexibility index (Phi) is 10.1. The number of rotatable bonds is 15. The lowest BCUT2D eigenvalue weighted by atomic mass is 10.1. The molecule has 0 radical (unpaired) electrons. The van der Waals surface area contributed by atoms with Crippen LogP contribution in [-0.2, 0) is 9.47 Å². The SMILES string of the molecule is CCC(CC)Nc1nc(NCCOCCOCCN)nc(Nc2ccc3ccccc3c2)n1. The second kappa shape index (κ2) is 13.5. The van der Waals surface area contributed by atoms with Gasteiger partial charge in [-0.2, -0.15) is 15.0 Å². The van der Waals surface area contributed by atoms with Crippen molar-refractivity contribution in [1.82, 2.24) is 15.0 Å². The highest BCUT2D eigenvalue weighted by Gasteiger charge is 2.11. The van der Waals surface area contributed by atoms with Crippen LogP contribution in [0.3, 0.4) is 0 Å². The number of nitrogens with two attached hydrogens (primary N) is 1. The van der Waals surface area contributed by atoms with Gasteiger partial charge in [-0.15, -0.1) is 0 Å². The van der Waals surface area contributed by atoms with Gasteiger partial charge in [0.05, 0.1) is 26.4 Å². The Morgan fingerprint density at radius 3 is 2.27 bits per heavy atom. The fraction of sp³-hybridized carbons (Fsp3) is 0.458. The zero-order valence-electron chi connectivity index (χ0n) is 19.5. The van der Waals surface area contributed by atoms with E-state index >= 15 is 0 Å². The van der Waals surface area contributed by atoms with Crippen molar-refractivity contribution in [2.45, 2.75) is 32.7 Å². The maximum Gasteiger partial charge on any atom is 0.233 e. The first-order valence-corrected chi connectivity index (χ1v) is 11.6. The van der Waals surface area contributed by atoms with E-state index in [-0.39, 0.29) is 0 Å². The molecule has 33 heavy (non-hydrogen) atoms. The van der Waals surface area contributed by atoms with Crippen LogP contribution in [0.2, 0.25) is 0 Å². The van der Waals surface area contributed by atoms with Crippen LogP contribution in [0.5, 0.6) is 0 Å². The van der Waals surface area contributed by atoms with E-state index in [0.29, 0.717) is 63.4 Å². The van der Waals surface area contributed by atoms with Crippen LogP contribution in [-0.4, -0.2) is 60.5 Å². The van der Waals surface area contributed by atoms with Gasteiger partial charge < -0.3 is 31.2 Å². The molecule has 0 unspecified atom stereocenters. The van der Waals surface area contributed by atoms with E-state index < -0.39 is 0 Å². The molecule has 2 aromatic carbocycles. The van der Waals surface area contributed by atoms with Crippen LogP contribution in [0.15, 0.2) is 42.5 Å². The summed E-state index contributed by atoms with van der Waals surface area (Å²) in [5.41, 5.74) is 6.31. The van der Waals surface area contributed by atoms with Crippen LogP contribution in [0.25, 0.3) is 10.8 Å². The average Bonchev–Trinajstić information content (AvgIpc) is 2.84. The van der Waals surface area contributed by atoms with E-state index in [1.54, 1.807) is 0 Å². The fourth-order valence-corrected chi connectivity index (χ4v) is 3.29. The number of anilines is 4. The average molecular weight is 454 g/mol. The number of hydrogen-bond donors (Lipinski definition) is 4. The van der Waals surface area contributed by atoms with Gasteiger partial charge in [-0.25, -0.2) is 0 Å². The summed E-state index contributed by atoms with van der Waals surface area (Å²) in [6, 6.07) is 14.7. The summed E-state index contributed by atoms with van der Waals surface area (Å²) in [5.74, 6) is 1.51. The van der Waals surface area contributed by atoms with Gasteiger partial charge in [0.25, 0.3) is 0 Å². The van der Waals surface area contributed by atoms with E-state index in [9.17, 15) is 0 Å². The fourth-order valence-electron chi connectivity index (χ4n) is 3.29. The highest BCUT2D eigenvalue weighted by molar-refractivity contribution is 5.86. The molecule has 1 aromatic heterocycles. The second-order valence-corrected chi connectivity index (χ2v) is 7.59. The van der Waals surface area contributed by atoms with Crippen molar-refractivity contribution >= 4 is 34.3 Å². The summed E-state index contributed by atoms with van der Waals surface area (Å²) in [4.78, 5) is 13.7. The molecule has 178 valence electrons. The molecule has 0 saturated heterocycles. The molecule has 0 saturated carbocycles. The number of fused-ring (bicyclic) bond motifs is 1. The predicted molar refractivity (Wildman–Crippen MR) is 134 cm³/mol. The summed E-state index contributed by atoms with van der Waals surface area (Å²) < 4.78 is 10.9. The quantitative estimate of drug-likeness (QED) is 0.255. The van der Waals surface area contributed by atoms with Gasteiger partial charge in [-0.05, 0) is 35.7 Å². The van der Waals surface area contributed by atoms with Crippen LogP contribution in [0.4, 0.5) is 23.5 Å². The molecule has 0 aliphatic heterocycles. The third-order valence-corrected chi connectivity index (χ3v) is 5.12. The molecular weight excluding hydrogens is 418 g/mol. The number of nitrogens with one attached hydrogen (secondary N) is 3. The number of hydrogen-bond acceptors (Lipinski definition) is 9. The molecule has 1 heterocycles. The molecule has 5 N–H and O–H groups in total. The van der Waals surface area contributed by atoms with E-state index in [2.05, 4.69) is 69.0 Å². The summed E-state index contributed by atoms with van der Waals surface area (Å²) >= 11 is 0. The van der Waals surface area contributed by atoms with Gasteiger partial charge in [0, 0.05) is 24.8 Å². The first kappa shape index (κ1) is 24.6.